The number of hydrogen-bond donors (Lipinski definition) is 0. The van der Waals surface area contributed by atoms with Crippen molar-refractivity contribution in [1.29, 1.82) is 0 Å². The van der Waals surface area contributed by atoms with E-state index < -0.39 is 0 Å². The van der Waals surface area contributed by atoms with Gasteiger partial charge in [0.05, 0.1) is 7.11 Å². The number of rotatable bonds is 3. The van der Waals surface area contributed by atoms with Crippen LogP contribution in [-0.4, -0.2) is 12.9 Å². The fourth-order valence-corrected chi connectivity index (χ4v) is 2.37. The van der Waals surface area contributed by atoms with Gasteiger partial charge in [-0.05, 0) is 64.8 Å². The molecule has 2 aromatic carbocycles. The molecule has 0 fully saturated rings. The first-order valence-electron chi connectivity index (χ1n) is 5.67. The molecule has 0 unspecified atom stereocenters. The Labute approximate surface area is 119 Å². The molecule has 0 bridgehead atoms. The topological polar surface area (TPSA) is 26.3 Å². The summed E-state index contributed by atoms with van der Waals surface area (Å²) in [6, 6.07) is 9.28. The quantitative estimate of drug-likeness (QED) is 0.794. The number of benzene rings is 2. The molecule has 0 atom stereocenters. The Morgan fingerprint density at radius 1 is 1.16 bits per heavy atom. The Hall–Kier alpha value is -1.68. The van der Waals surface area contributed by atoms with Crippen LogP contribution in [0, 0.1) is 12.7 Å². The summed E-state index contributed by atoms with van der Waals surface area (Å²) in [4.78, 5) is 12.4. The van der Waals surface area contributed by atoms with Gasteiger partial charge < -0.3 is 4.74 Å². The second-order valence-electron chi connectivity index (χ2n) is 4.13. The number of halogens is 2. The molecule has 0 radical (unpaired) electrons. The smallest absolute Gasteiger partial charge is 0.194 e. The van der Waals surface area contributed by atoms with Crippen LogP contribution in [0.5, 0.6) is 5.75 Å². The van der Waals surface area contributed by atoms with Gasteiger partial charge in [-0.25, -0.2) is 4.39 Å². The lowest BCUT2D eigenvalue weighted by molar-refractivity contribution is 0.103. The minimum Gasteiger partial charge on any atom is -0.497 e. The van der Waals surface area contributed by atoms with Crippen LogP contribution in [-0.2, 0) is 0 Å². The molecule has 0 N–H and O–H groups in total. The normalized spacial score (nSPS) is 10.3. The van der Waals surface area contributed by atoms with Gasteiger partial charge in [0, 0.05) is 15.6 Å². The maximum absolute atomic E-state index is 13.0. The highest BCUT2D eigenvalue weighted by molar-refractivity contribution is 9.10. The van der Waals surface area contributed by atoms with Crippen LogP contribution in [0.3, 0.4) is 0 Å². The molecule has 19 heavy (non-hydrogen) atoms. The van der Waals surface area contributed by atoms with E-state index in [0.717, 1.165) is 5.56 Å². The zero-order valence-corrected chi connectivity index (χ0v) is 12.1. The van der Waals surface area contributed by atoms with E-state index in [-0.39, 0.29) is 11.6 Å². The van der Waals surface area contributed by atoms with Gasteiger partial charge in [-0.1, -0.05) is 0 Å². The predicted molar refractivity (Wildman–Crippen MR) is 75.3 cm³/mol. The van der Waals surface area contributed by atoms with E-state index in [4.69, 9.17) is 4.74 Å². The summed E-state index contributed by atoms with van der Waals surface area (Å²) in [6.45, 7) is 1.84. The van der Waals surface area contributed by atoms with Gasteiger partial charge >= 0.3 is 0 Å². The molecule has 4 heteroatoms. The van der Waals surface area contributed by atoms with E-state index in [2.05, 4.69) is 15.9 Å². The van der Waals surface area contributed by atoms with Gasteiger partial charge in [0.15, 0.2) is 5.78 Å². The van der Waals surface area contributed by atoms with Crippen molar-refractivity contribution < 1.29 is 13.9 Å². The second-order valence-corrected chi connectivity index (χ2v) is 4.99. The lowest BCUT2D eigenvalue weighted by atomic mass is 9.99. The second kappa shape index (κ2) is 5.53. The van der Waals surface area contributed by atoms with Crippen molar-refractivity contribution in [3.8, 4) is 5.75 Å². The van der Waals surface area contributed by atoms with Crippen LogP contribution < -0.4 is 4.74 Å². The highest BCUT2D eigenvalue weighted by atomic mass is 79.9. The van der Waals surface area contributed by atoms with E-state index in [1.807, 2.05) is 6.92 Å². The van der Waals surface area contributed by atoms with Crippen molar-refractivity contribution in [2.45, 2.75) is 6.92 Å². The maximum atomic E-state index is 13.0. The van der Waals surface area contributed by atoms with Crippen LogP contribution in [0.25, 0.3) is 0 Å². The zero-order valence-electron chi connectivity index (χ0n) is 10.5. The summed E-state index contributed by atoms with van der Waals surface area (Å²) in [5, 5.41) is 0. The number of ether oxygens (including phenoxy) is 1. The zero-order chi connectivity index (χ0) is 14.0. The van der Waals surface area contributed by atoms with E-state index in [9.17, 15) is 9.18 Å². The summed E-state index contributed by atoms with van der Waals surface area (Å²) >= 11 is 3.21. The third-order valence-corrected chi connectivity index (χ3v) is 3.51. The average Bonchev–Trinajstić information content (AvgIpc) is 2.37. The molecule has 0 saturated heterocycles. The standard InChI is InChI=1S/C15H12BrFO2/c1-9-7-11(19-2)4-6-12(9)15(18)13-5-3-10(17)8-14(13)16/h3-8H,1-2H3. The van der Waals surface area contributed by atoms with Gasteiger partial charge in [0.1, 0.15) is 11.6 Å². The molecule has 0 saturated carbocycles. The molecule has 98 valence electrons. The minimum absolute atomic E-state index is 0.146. The van der Waals surface area contributed by atoms with Crippen molar-refractivity contribution >= 4 is 21.7 Å². The van der Waals surface area contributed by atoms with Gasteiger partial charge in [-0.15, -0.1) is 0 Å². The number of hydrogen-bond acceptors (Lipinski definition) is 2. The molecule has 0 heterocycles. The van der Waals surface area contributed by atoms with Crippen molar-refractivity contribution in [2.75, 3.05) is 7.11 Å². The van der Waals surface area contributed by atoms with Gasteiger partial charge in [0.25, 0.3) is 0 Å². The van der Waals surface area contributed by atoms with E-state index in [1.165, 1.54) is 18.2 Å². The number of methoxy groups -OCH3 is 1. The Kier molecular flexibility index (Phi) is 4.00. The molecule has 2 rings (SSSR count). The van der Waals surface area contributed by atoms with Crippen molar-refractivity contribution in [3.05, 3.63) is 63.4 Å². The fraction of sp³-hybridized carbons (Fsp3) is 0.133. The summed E-state index contributed by atoms with van der Waals surface area (Å²) in [7, 11) is 1.58. The lowest BCUT2D eigenvalue weighted by Gasteiger charge is -2.08. The Bertz CT molecular complexity index is 638. The number of carbonyl (C=O) groups excluding carboxylic acids is 1. The summed E-state index contributed by atoms with van der Waals surface area (Å²) in [5.41, 5.74) is 1.84. The molecular formula is C15H12BrFO2. The van der Waals surface area contributed by atoms with Crippen molar-refractivity contribution in [3.63, 3.8) is 0 Å². The van der Waals surface area contributed by atoms with Gasteiger partial charge in [-0.3, -0.25) is 4.79 Å². The van der Waals surface area contributed by atoms with E-state index in [0.29, 0.717) is 21.3 Å². The predicted octanol–water partition coefficient (Wildman–Crippen LogP) is 4.14. The van der Waals surface area contributed by atoms with Crippen LogP contribution >= 0.6 is 15.9 Å². The lowest BCUT2D eigenvalue weighted by Crippen LogP contribution is -2.05. The molecule has 2 nitrogen and oxygen atoms in total. The van der Waals surface area contributed by atoms with Crippen LogP contribution in [0.4, 0.5) is 4.39 Å². The number of aryl methyl sites for hydroxylation is 1. The minimum atomic E-state index is -0.380. The first-order chi connectivity index (χ1) is 9.02. The fourth-order valence-electron chi connectivity index (χ4n) is 1.84. The third-order valence-electron chi connectivity index (χ3n) is 2.85. The van der Waals surface area contributed by atoms with Crippen molar-refractivity contribution in [2.24, 2.45) is 0 Å². The van der Waals surface area contributed by atoms with Crippen LogP contribution in [0.1, 0.15) is 21.5 Å². The van der Waals surface area contributed by atoms with Crippen molar-refractivity contribution in [1.82, 2.24) is 0 Å². The molecule has 0 amide bonds. The van der Waals surface area contributed by atoms with E-state index >= 15 is 0 Å². The monoisotopic (exact) mass is 322 g/mol. The molecule has 2 aromatic rings. The Morgan fingerprint density at radius 3 is 2.42 bits per heavy atom. The molecular weight excluding hydrogens is 311 g/mol. The molecule has 0 aliphatic rings. The van der Waals surface area contributed by atoms with E-state index in [1.54, 1.807) is 25.3 Å². The average molecular weight is 323 g/mol. The molecule has 0 aliphatic carbocycles. The number of carbonyl (C=O) groups is 1. The first-order valence-corrected chi connectivity index (χ1v) is 6.46. The van der Waals surface area contributed by atoms with Crippen LogP contribution in [0.15, 0.2) is 40.9 Å². The third kappa shape index (κ3) is 2.84. The summed E-state index contributed by atoms with van der Waals surface area (Å²) < 4.78 is 18.6. The van der Waals surface area contributed by atoms with Crippen LogP contribution in [0.2, 0.25) is 0 Å². The molecule has 0 spiro atoms. The summed E-state index contributed by atoms with van der Waals surface area (Å²) in [5.74, 6) is 0.175. The molecule has 0 aliphatic heterocycles. The largest absolute Gasteiger partial charge is 0.497 e. The SMILES string of the molecule is COc1ccc(C(=O)c2ccc(F)cc2Br)c(C)c1. The number of ketones is 1. The molecule has 0 aromatic heterocycles. The highest BCUT2D eigenvalue weighted by Crippen LogP contribution is 2.24. The first kappa shape index (κ1) is 13.7. The Balaban J connectivity index is 2.44. The highest BCUT2D eigenvalue weighted by Gasteiger charge is 2.15. The summed E-state index contributed by atoms with van der Waals surface area (Å²) in [6.07, 6.45) is 0. The maximum Gasteiger partial charge on any atom is 0.194 e. The van der Waals surface area contributed by atoms with Gasteiger partial charge in [0.2, 0.25) is 0 Å². The van der Waals surface area contributed by atoms with Gasteiger partial charge in [-0.2, -0.15) is 0 Å². The Morgan fingerprint density at radius 2 is 1.84 bits per heavy atom.